The van der Waals surface area contributed by atoms with Gasteiger partial charge in [0.2, 0.25) is 0 Å². The first kappa shape index (κ1) is 10.6. The normalized spacial score (nSPS) is 8.47. The summed E-state index contributed by atoms with van der Waals surface area (Å²) in [7, 11) is 0. The van der Waals surface area contributed by atoms with Crippen molar-refractivity contribution in [2.75, 3.05) is 5.43 Å². The van der Waals surface area contributed by atoms with Gasteiger partial charge in [-0.15, -0.1) is 0 Å². The molecule has 0 aromatic heterocycles. The van der Waals surface area contributed by atoms with Crippen LogP contribution in [0.25, 0.3) is 5.76 Å². The highest BCUT2D eigenvalue weighted by Crippen LogP contribution is 2.17. The third-order valence-electron chi connectivity index (χ3n) is 1.79. The standard InChI is InChI=1S/C10H8N4O/c11-5-8(6-12)10(15)7-1-3-9(14-13)4-2-7/h1-4,14-15H,13H2. The number of rotatable bonds is 2. The molecule has 0 atom stereocenters. The minimum absolute atomic E-state index is 0.316. The Bertz CT molecular complexity index is 446. The van der Waals surface area contributed by atoms with E-state index in [9.17, 15) is 5.11 Å². The van der Waals surface area contributed by atoms with E-state index >= 15 is 0 Å². The van der Waals surface area contributed by atoms with Crippen molar-refractivity contribution in [3.8, 4) is 12.1 Å². The number of nitrogens with one attached hydrogen (secondary N) is 1. The molecule has 0 aliphatic carbocycles. The smallest absolute Gasteiger partial charge is 0.171 e. The molecule has 0 fully saturated rings. The molecule has 1 aromatic rings. The van der Waals surface area contributed by atoms with Gasteiger partial charge in [-0.3, -0.25) is 5.84 Å². The number of nitrogens with two attached hydrogens (primary N) is 1. The van der Waals surface area contributed by atoms with Crippen molar-refractivity contribution in [3.05, 3.63) is 35.4 Å². The predicted octanol–water partition coefficient (Wildman–Crippen LogP) is 1.29. The Morgan fingerprint density at radius 1 is 1.20 bits per heavy atom. The third kappa shape index (κ3) is 2.25. The van der Waals surface area contributed by atoms with Crippen LogP contribution in [0.3, 0.4) is 0 Å². The Morgan fingerprint density at radius 3 is 2.13 bits per heavy atom. The lowest BCUT2D eigenvalue weighted by Gasteiger charge is -2.02. The summed E-state index contributed by atoms with van der Waals surface area (Å²) in [5, 5.41) is 26.6. The van der Waals surface area contributed by atoms with Gasteiger partial charge in [0.05, 0.1) is 0 Å². The molecule has 5 nitrogen and oxygen atoms in total. The van der Waals surface area contributed by atoms with Gasteiger partial charge in [0, 0.05) is 11.3 Å². The maximum Gasteiger partial charge on any atom is 0.171 e. The topological polar surface area (TPSA) is 106 Å². The molecule has 0 radical (unpaired) electrons. The van der Waals surface area contributed by atoms with Crippen molar-refractivity contribution in [3.63, 3.8) is 0 Å². The highest BCUT2D eigenvalue weighted by molar-refractivity contribution is 5.70. The van der Waals surface area contributed by atoms with Crippen LogP contribution in [0, 0.1) is 22.7 Å². The number of nitriles is 2. The largest absolute Gasteiger partial charge is 0.505 e. The molecule has 74 valence electrons. The number of hydrogen-bond donors (Lipinski definition) is 3. The molecule has 0 bridgehead atoms. The number of anilines is 1. The molecule has 0 aliphatic heterocycles. The Kier molecular flexibility index (Phi) is 3.28. The van der Waals surface area contributed by atoms with Crippen molar-refractivity contribution < 1.29 is 5.11 Å². The van der Waals surface area contributed by atoms with Gasteiger partial charge in [-0.1, -0.05) is 0 Å². The Labute approximate surface area is 86.6 Å². The van der Waals surface area contributed by atoms with Crippen LogP contribution in [0.5, 0.6) is 0 Å². The number of allylic oxidation sites excluding steroid dienone is 1. The molecule has 15 heavy (non-hydrogen) atoms. The van der Waals surface area contributed by atoms with Crippen LogP contribution >= 0.6 is 0 Å². The van der Waals surface area contributed by atoms with Crippen LogP contribution in [0.1, 0.15) is 5.56 Å². The summed E-state index contributed by atoms with van der Waals surface area (Å²) in [5.74, 6) is 4.83. The monoisotopic (exact) mass is 200 g/mol. The van der Waals surface area contributed by atoms with Crippen LogP contribution < -0.4 is 11.3 Å². The number of hydrazine groups is 1. The molecule has 0 saturated carbocycles. The quantitative estimate of drug-likeness (QED) is 0.288. The zero-order valence-electron chi connectivity index (χ0n) is 7.73. The average molecular weight is 200 g/mol. The summed E-state index contributed by atoms with van der Waals surface area (Å²) in [6.07, 6.45) is 0. The van der Waals surface area contributed by atoms with Gasteiger partial charge in [-0.2, -0.15) is 10.5 Å². The fraction of sp³-hybridized carbons (Fsp3) is 0. The van der Waals surface area contributed by atoms with Crippen LogP contribution in [0.2, 0.25) is 0 Å². The Hall–Kier alpha value is -2.50. The number of hydrogen-bond acceptors (Lipinski definition) is 5. The van der Waals surface area contributed by atoms with Crippen molar-refractivity contribution in [2.45, 2.75) is 0 Å². The van der Waals surface area contributed by atoms with Crippen LogP contribution in [-0.4, -0.2) is 5.11 Å². The van der Waals surface area contributed by atoms with Gasteiger partial charge in [-0.05, 0) is 24.3 Å². The lowest BCUT2D eigenvalue weighted by molar-refractivity contribution is 0.510. The molecular weight excluding hydrogens is 192 g/mol. The lowest BCUT2D eigenvalue weighted by Crippen LogP contribution is -2.06. The summed E-state index contributed by atoms with van der Waals surface area (Å²) in [6.45, 7) is 0. The summed E-state index contributed by atoms with van der Waals surface area (Å²) in [5.41, 5.74) is 3.17. The van der Waals surface area contributed by atoms with E-state index in [1.807, 2.05) is 0 Å². The van der Waals surface area contributed by atoms with E-state index in [1.165, 1.54) is 0 Å². The average Bonchev–Trinajstić information content (AvgIpc) is 2.30. The summed E-state index contributed by atoms with van der Waals surface area (Å²) in [4.78, 5) is 0. The third-order valence-corrected chi connectivity index (χ3v) is 1.79. The number of nitrogen functional groups attached to an aromatic ring is 1. The molecule has 0 saturated heterocycles. The molecule has 5 heteroatoms. The molecule has 0 unspecified atom stereocenters. The second-order valence-corrected chi connectivity index (χ2v) is 2.67. The van der Waals surface area contributed by atoms with E-state index in [2.05, 4.69) is 5.43 Å². The fourth-order valence-electron chi connectivity index (χ4n) is 1.000. The van der Waals surface area contributed by atoms with Gasteiger partial charge in [0.15, 0.2) is 11.3 Å². The number of nitrogens with zero attached hydrogens (tertiary/aromatic N) is 2. The number of aliphatic hydroxyl groups excluding tert-OH is 1. The van der Waals surface area contributed by atoms with Gasteiger partial charge in [0.25, 0.3) is 0 Å². The van der Waals surface area contributed by atoms with Gasteiger partial charge in [-0.25, -0.2) is 0 Å². The summed E-state index contributed by atoms with van der Waals surface area (Å²) < 4.78 is 0. The maximum atomic E-state index is 9.53. The SMILES string of the molecule is N#CC(C#N)=C(O)c1ccc(NN)cc1. The Morgan fingerprint density at radius 2 is 1.73 bits per heavy atom. The first-order valence-corrected chi connectivity index (χ1v) is 4.03. The second-order valence-electron chi connectivity index (χ2n) is 2.67. The maximum absolute atomic E-state index is 9.53. The van der Waals surface area contributed by atoms with E-state index in [0.29, 0.717) is 11.3 Å². The molecule has 0 spiro atoms. The molecule has 0 amide bonds. The van der Waals surface area contributed by atoms with Crippen molar-refractivity contribution in [1.29, 1.82) is 10.5 Å². The highest BCUT2D eigenvalue weighted by Gasteiger charge is 2.06. The first-order valence-electron chi connectivity index (χ1n) is 4.03. The van der Waals surface area contributed by atoms with Gasteiger partial charge >= 0.3 is 0 Å². The molecule has 1 aromatic carbocycles. The zero-order chi connectivity index (χ0) is 11.3. The first-order chi connectivity index (χ1) is 7.22. The second kappa shape index (κ2) is 4.66. The number of aliphatic hydroxyl groups is 1. The van der Waals surface area contributed by atoms with Crippen LogP contribution in [0.15, 0.2) is 29.8 Å². The molecule has 4 N–H and O–H groups in total. The zero-order valence-corrected chi connectivity index (χ0v) is 7.73. The lowest BCUT2D eigenvalue weighted by atomic mass is 10.1. The Balaban J connectivity index is 3.14. The summed E-state index contributed by atoms with van der Waals surface area (Å²) in [6, 6.07) is 9.57. The van der Waals surface area contributed by atoms with Crippen LogP contribution in [-0.2, 0) is 0 Å². The molecule has 0 aliphatic rings. The van der Waals surface area contributed by atoms with Crippen molar-refractivity contribution >= 4 is 11.4 Å². The number of benzene rings is 1. The minimum Gasteiger partial charge on any atom is -0.505 e. The molecule has 1 rings (SSSR count). The van der Waals surface area contributed by atoms with E-state index in [-0.39, 0.29) is 11.3 Å². The van der Waals surface area contributed by atoms with Gasteiger partial charge in [0.1, 0.15) is 12.1 Å². The van der Waals surface area contributed by atoms with E-state index in [4.69, 9.17) is 16.4 Å². The highest BCUT2D eigenvalue weighted by atomic mass is 16.3. The van der Waals surface area contributed by atoms with Gasteiger partial charge < -0.3 is 10.5 Å². The van der Waals surface area contributed by atoms with E-state index in [1.54, 1.807) is 36.4 Å². The minimum atomic E-state index is -0.330. The van der Waals surface area contributed by atoms with E-state index in [0.717, 1.165) is 0 Å². The summed E-state index contributed by atoms with van der Waals surface area (Å²) >= 11 is 0. The van der Waals surface area contributed by atoms with Crippen LogP contribution in [0.4, 0.5) is 5.69 Å². The fourth-order valence-corrected chi connectivity index (χ4v) is 1.000. The van der Waals surface area contributed by atoms with Crippen molar-refractivity contribution in [2.24, 2.45) is 5.84 Å². The van der Waals surface area contributed by atoms with E-state index < -0.39 is 0 Å². The molecule has 0 heterocycles. The van der Waals surface area contributed by atoms with Crippen molar-refractivity contribution in [1.82, 2.24) is 0 Å². The molecular formula is C10H8N4O. The predicted molar refractivity (Wildman–Crippen MR) is 55.0 cm³/mol.